The lowest BCUT2D eigenvalue weighted by Crippen LogP contribution is -2.58. The van der Waals surface area contributed by atoms with Crippen LogP contribution in [0.2, 0.25) is 0 Å². The Morgan fingerprint density at radius 1 is 1.38 bits per heavy atom. The molecule has 1 heterocycles. The summed E-state index contributed by atoms with van der Waals surface area (Å²) in [5.74, 6) is 0.264. The van der Waals surface area contributed by atoms with E-state index in [0.717, 1.165) is 19.6 Å². The molecule has 1 rings (SSSR count). The summed E-state index contributed by atoms with van der Waals surface area (Å²) in [4.78, 5) is 15.5. The summed E-state index contributed by atoms with van der Waals surface area (Å²) in [7, 11) is 2.14. The number of piperazine rings is 1. The van der Waals surface area contributed by atoms with Gasteiger partial charge >= 0.3 is 0 Å². The molecular weight excluding hydrogens is 164 g/mol. The molecule has 1 saturated heterocycles. The highest BCUT2D eigenvalue weighted by Gasteiger charge is 2.30. The zero-order valence-electron chi connectivity index (χ0n) is 9.13. The Balaban J connectivity index is 2.50. The normalized spacial score (nSPS) is 24.6. The first-order chi connectivity index (χ1) is 5.92. The molecule has 76 valence electrons. The number of likely N-dealkylation sites (N-methyl/N-ethyl adjacent to an activating group) is 1. The Morgan fingerprint density at radius 3 is 2.46 bits per heavy atom. The van der Waals surface area contributed by atoms with Crippen LogP contribution in [0.3, 0.4) is 0 Å². The highest BCUT2D eigenvalue weighted by molar-refractivity contribution is 5.77. The third-order valence-electron chi connectivity index (χ3n) is 2.84. The van der Waals surface area contributed by atoms with E-state index in [9.17, 15) is 4.79 Å². The Hall–Kier alpha value is -0.410. The van der Waals surface area contributed by atoms with Crippen molar-refractivity contribution < 1.29 is 4.79 Å². The van der Waals surface area contributed by atoms with Crippen LogP contribution in [0.15, 0.2) is 0 Å². The SMILES string of the molecule is CC(=O)CN1CCN(C)C(C)(C)C1. The van der Waals surface area contributed by atoms with E-state index in [4.69, 9.17) is 0 Å². The molecule has 0 bridgehead atoms. The molecule has 0 aromatic carbocycles. The van der Waals surface area contributed by atoms with Crippen molar-refractivity contribution >= 4 is 5.78 Å². The smallest absolute Gasteiger partial charge is 0.143 e. The average molecular weight is 184 g/mol. The molecule has 1 fully saturated rings. The van der Waals surface area contributed by atoms with Crippen molar-refractivity contribution in [2.45, 2.75) is 26.3 Å². The Labute approximate surface area is 80.7 Å². The number of nitrogens with zero attached hydrogens (tertiary/aromatic N) is 2. The number of Topliss-reactive ketones (excluding diaryl/α,β-unsaturated/α-hetero) is 1. The molecule has 0 radical (unpaired) electrons. The molecule has 1 aliphatic rings. The summed E-state index contributed by atoms with van der Waals surface area (Å²) < 4.78 is 0. The molecule has 3 heteroatoms. The molecule has 0 spiro atoms. The van der Waals surface area contributed by atoms with Gasteiger partial charge in [-0.05, 0) is 27.8 Å². The maximum absolute atomic E-state index is 10.9. The van der Waals surface area contributed by atoms with Crippen LogP contribution in [0.1, 0.15) is 20.8 Å². The van der Waals surface area contributed by atoms with Crippen LogP contribution in [-0.4, -0.2) is 54.3 Å². The van der Waals surface area contributed by atoms with Crippen LogP contribution in [-0.2, 0) is 4.79 Å². The van der Waals surface area contributed by atoms with E-state index in [2.05, 4.69) is 30.7 Å². The van der Waals surface area contributed by atoms with E-state index in [1.165, 1.54) is 0 Å². The second-order valence-corrected chi connectivity index (χ2v) is 4.65. The van der Waals surface area contributed by atoms with Gasteiger partial charge in [-0.3, -0.25) is 14.6 Å². The fraction of sp³-hybridized carbons (Fsp3) is 0.900. The van der Waals surface area contributed by atoms with Gasteiger partial charge in [-0.15, -0.1) is 0 Å². The van der Waals surface area contributed by atoms with Gasteiger partial charge in [0, 0.05) is 25.2 Å². The van der Waals surface area contributed by atoms with Gasteiger partial charge in [0.1, 0.15) is 5.78 Å². The summed E-state index contributed by atoms with van der Waals surface area (Å²) in [5, 5.41) is 0. The quantitative estimate of drug-likeness (QED) is 0.628. The summed E-state index contributed by atoms with van der Waals surface area (Å²) in [6.45, 7) is 9.77. The van der Waals surface area contributed by atoms with E-state index < -0.39 is 0 Å². The van der Waals surface area contributed by atoms with Crippen LogP contribution in [0.25, 0.3) is 0 Å². The van der Waals surface area contributed by atoms with Gasteiger partial charge in [-0.1, -0.05) is 0 Å². The van der Waals surface area contributed by atoms with Crippen LogP contribution >= 0.6 is 0 Å². The van der Waals surface area contributed by atoms with Gasteiger partial charge in [-0.2, -0.15) is 0 Å². The lowest BCUT2D eigenvalue weighted by Gasteiger charge is -2.45. The van der Waals surface area contributed by atoms with Crippen LogP contribution in [0.5, 0.6) is 0 Å². The van der Waals surface area contributed by atoms with Crippen LogP contribution in [0.4, 0.5) is 0 Å². The molecule has 0 N–H and O–H groups in total. The Bertz CT molecular complexity index is 201. The lowest BCUT2D eigenvalue weighted by atomic mass is 10.00. The van der Waals surface area contributed by atoms with Gasteiger partial charge in [0.2, 0.25) is 0 Å². The topological polar surface area (TPSA) is 23.6 Å². The minimum Gasteiger partial charge on any atom is -0.299 e. The molecular formula is C10H20N2O. The standard InChI is InChI=1S/C10H20N2O/c1-9(13)7-12-6-5-11(4)10(2,3)8-12/h5-8H2,1-4H3. The Morgan fingerprint density at radius 2 is 2.00 bits per heavy atom. The first kappa shape index (κ1) is 10.7. The molecule has 0 atom stereocenters. The van der Waals surface area contributed by atoms with Crippen LogP contribution < -0.4 is 0 Å². The second-order valence-electron chi connectivity index (χ2n) is 4.65. The maximum atomic E-state index is 10.9. The second kappa shape index (κ2) is 3.76. The van der Waals surface area contributed by atoms with Gasteiger partial charge in [0.15, 0.2) is 0 Å². The zero-order valence-corrected chi connectivity index (χ0v) is 9.13. The first-order valence-corrected chi connectivity index (χ1v) is 4.85. The fourth-order valence-corrected chi connectivity index (χ4v) is 1.79. The molecule has 0 saturated carbocycles. The average Bonchev–Trinajstić information content (AvgIpc) is 1.95. The monoisotopic (exact) mass is 184 g/mol. The molecule has 0 amide bonds. The molecule has 0 aromatic heterocycles. The Kier molecular flexibility index (Phi) is 3.09. The molecule has 0 unspecified atom stereocenters. The first-order valence-electron chi connectivity index (χ1n) is 4.85. The van der Waals surface area contributed by atoms with Gasteiger partial charge in [0.05, 0.1) is 6.54 Å². The number of hydrogen-bond donors (Lipinski definition) is 0. The van der Waals surface area contributed by atoms with E-state index in [0.29, 0.717) is 6.54 Å². The number of ketones is 1. The van der Waals surface area contributed by atoms with Crippen molar-refractivity contribution in [3.63, 3.8) is 0 Å². The van der Waals surface area contributed by atoms with Crippen LogP contribution in [0, 0.1) is 0 Å². The van der Waals surface area contributed by atoms with Gasteiger partial charge < -0.3 is 0 Å². The van der Waals surface area contributed by atoms with Crippen molar-refractivity contribution in [3.05, 3.63) is 0 Å². The van der Waals surface area contributed by atoms with E-state index in [-0.39, 0.29) is 11.3 Å². The number of rotatable bonds is 2. The van der Waals surface area contributed by atoms with E-state index in [1.807, 2.05) is 0 Å². The van der Waals surface area contributed by atoms with Gasteiger partial charge in [-0.25, -0.2) is 0 Å². The summed E-state index contributed by atoms with van der Waals surface area (Å²) >= 11 is 0. The minimum atomic E-state index is 0.202. The maximum Gasteiger partial charge on any atom is 0.143 e. The highest BCUT2D eigenvalue weighted by Crippen LogP contribution is 2.18. The third-order valence-corrected chi connectivity index (χ3v) is 2.84. The lowest BCUT2D eigenvalue weighted by molar-refractivity contribution is -0.119. The van der Waals surface area contributed by atoms with E-state index >= 15 is 0 Å². The molecule has 1 aliphatic heterocycles. The molecule has 3 nitrogen and oxygen atoms in total. The van der Waals surface area contributed by atoms with Gasteiger partial charge in [0.25, 0.3) is 0 Å². The minimum absolute atomic E-state index is 0.202. The van der Waals surface area contributed by atoms with Crippen molar-refractivity contribution in [2.75, 3.05) is 33.2 Å². The summed E-state index contributed by atoms with van der Waals surface area (Å²) in [5.41, 5.74) is 0.202. The number of carbonyl (C=O) groups is 1. The summed E-state index contributed by atoms with van der Waals surface area (Å²) in [6.07, 6.45) is 0. The zero-order chi connectivity index (χ0) is 10.1. The largest absolute Gasteiger partial charge is 0.299 e. The van der Waals surface area contributed by atoms with Crippen molar-refractivity contribution in [1.82, 2.24) is 9.80 Å². The fourth-order valence-electron chi connectivity index (χ4n) is 1.79. The predicted octanol–water partition coefficient (Wildman–Crippen LogP) is 0.601. The van der Waals surface area contributed by atoms with Crippen molar-refractivity contribution in [1.29, 1.82) is 0 Å². The number of carbonyl (C=O) groups excluding carboxylic acids is 1. The third kappa shape index (κ3) is 2.78. The van der Waals surface area contributed by atoms with Crippen molar-refractivity contribution in [2.24, 2.45) is 0 Å². The highest BCUT2D eigenvalue weighted by atomic mass is 16.1. The molecule has 0 aromatic rings. The van der Waals surface area contributed by atoms with Crippen molar-refractivity contribution in [3.8, 4) is 0 Å². The summed E-state index contributed by atoms with van der Waals surface area (Å²) in [6, 6.07) is 0. The number of hydrogen-bond acceptors (Lipinski definition) is 3. The molecule has 0 aliphatic carbocycles. The predicted molar refractivity (Wildman–Crippen MR) is 53.8 cm³/mol. The van der Waals surface area contributed by atoms with E-state index in [1.54, 1.807) is 6.92 Å². The molecule has 13 heavy (non-hydrogen) atoms.